The zero-order chi connectivity index (χ0) is 14.5. The first-order valence-corrected chi connectivity index (χ1v) is 5.73. The molecule has 0 spiro atoms. The number of halogens is 3. The van der Waals surface area contributed by atoms with Gasteiger partial charge in [0.05, 0.1) is 5.56 Å². The lowest BCUT2D eigenvalue weighted by Crippen LogP contribution is -2.05. The van der Waals surface area contributed by atoms with Crippen LogP contribution in [-0.2, 0) is 6.18 Å². The lowest BCUT2D eigenvalue weighted by atomic mass is 9.98. The third-order valence-corrected chi connectivity index (χ3v) is 2.58. The van der Waals surface area contributed by atoms with E-state index in [1.54, 1.807) is 19.1 Å². The Bertz CT molecular complexity index is 524. The van der Waals surface area contributed by atoms with E-state index < -0.39 is 11.7 Å². The summed E-state index contributed by atoms with van der Waals surface area (Å²) in [6.07, 6.45) is -4.28. The second-order valence-electron chi connectivity index (χ2n) is 3.82. The van der Waals surface area contributed by atoms with Crippen molar-refractivity contribution in [3.8, 4) is 11.1 Å². The van der Waals surface area contributed by atoms with Gasteiger partial charge in [-0.2, -0.15) is 13.2 Å². The Morgan fingerprint density at radius 3 is 2.11 bits per heavy atom. The molecule has 0 unspecified atom stereocenters. The van der Waals surface area contributed by atoms with E-state index >= 15 is 0 Å². The van der Waals surface area contributed by atoms with E-state index in [2.05, 4.69) is 19.0 Å². The molecular weight excluding hydrogens is 273 g/mol. The van der Waals surface area contributed by atoms with Crippen molar-refractivity contribution in [3.05, 3.63) is 59.7 Å². The Kier molecular flexibility index (Phi) is 5.44. The molecule has 0 aromatic heterocycles. The van der Waals surface area contributed by atoms with Gasteiger partial charge in [-0.1, -0.05) is 30.3 Å². The summed E-state index contributed by atoms with van der Waals surface area (Å²) < 4.78 is 44.2. The third-order valence-electron chi connectivity index (χ3n) is 2.58. The van der Waals surface area contributed by atoms with Gasteiger partial charge in [0.15, 0.2) is 0 Å². The van der Waals surface area contributed by atoms with Crippen molar-refractivity contribution in [1.29, 1.82) is 0 Å². The van der Waals surface area contributed by atoms with Crippen molar-refractivity contribution in [2.75, 3.05) is 0 Å². The summed E-state index contributed by atoms with van der Waals surface area (Å²) >= 11 is 2.53. The highest BCUT2D eigenvalue weighted by Gasteiger charge is 2.30. The number of thiol groups is 1. The highest BCUT2D eigenvalue weighted by molar-refractivity contribution is 7.74. The first-order valence-electron chi connectivity index (χ1n) is 5.33. The molecule has 19 heavy (non-hydrogen) atoms. The standard InChI is InChI=1S/C14H10F3.H2OS/c1-10-9-12(14(15,16)17)7-8-13(10)11-5-3-2-4-6-11;1-2/h3-9H,1H3;1-2H. The van der Waals surface area contributed by atoms with Crippen molar-refractivity contribution in [1.82, 2.24) is 0 Å². The van der Waals surface area contributed by atoms with Crippen LogP contribution in [0, 0.1) is 13.0 Å². The molecule has 2 rings (SSSR count). The largest absolute Gasteiger partial charge is 0.416 e. The average molecular weight is 285 g/mol. The van der Waals surface area contributed by atoms with Crippen LogP contribution in [0.4, 0.5) is 13.2 Å². The van der Waals surface area contributed by atoms with Crippen LogP contribution in [0.3, 0.4) is 0 Å². The van der Waals surface area contributed by atoms with Gasteiger partial charge >= 0.3 is 6.18 Å². The molecule has 0 amide bonds. The Labute approximate surface area is 115 Å². The average Bonchev–Trinajstić information content (AvgIpc) is 2.41. The fourth-order valence-electron chi connectivity index (χ4n) is 1.73. The second kappa shape index (κ2) is 6.63. The molecule has 1 nitrogen and oxygen atoms in total. The number of hydrogen-bond acceptors (Lipinski definition) is 2. The summed E-state index contributed by atoms with van der Waals surface area (Å²) in [5.41, 5.74) is 1.72. The van der Waals surface area contributed by atoms with Crippen LogP contribution in [0.5, 0.6) is 0 Å². The predicted molar refractivity (Wildman–Crippen MR) is 72.1 cm³/mol. The maximum atomic E-state index is 12.5. The summed E-state index contributed by atoms with van der Waals surface area (Å²) in [6.45, 7) is 1.68. The van der Waals surface area contributed by atoms with Crippen molar-refractivity contribution in [3.63, 3.8) is 0 Å². The summed E-state index contributed by atoms with van der Waals surface area (Å²) in [4.78, 5) is 0. The van der Waals surface area contributed by atoms with Crippen molar-refractivity contribution < 1.29 is 17.7 Å². The maximum Gasteiger partial charge on any atom is 0.416 e. The topological polar surface area (TPSA) is 20.2 Å². The fraction of sp³-hybridized carbons (Fsp3) is 0.143. The van der Waals surface area contributed by atoms with E-state index in [-0.39, 0.29) is 0 Å². The van der Waals surface area contributed by atoms with Crippen LogP contribution in [0.25, 0.3) is 11.1 Å². The first-order chi connectivity index (χ1) is 8.98. The molecule has 0 bridgehead atoms. The van der Waals surface area contributed by atoms with Gasteiger partial charge in [-0.25, -0.2) is 0 Å². The molecule has 5 heteroatoms. The molecule has 0 atom stereocenters. The molecule has 0 aliphatic rings. The molecule has 0 saturated carbocycles. The molecule has 0 heterocycles. The summed E-state index contributed by atoms with van der Waals surface area (Å²) in [6, 6.07) is 13.8. The number of rotatable bonds is 1. The van der Waals surface area contributed by atoms with Crippen molar-refractivity contribution >= 4 is 12.9 Å². The quantitative estimate of drug-likeness (QED) is 0.565. The van der Waals surface area contributed by atoms with Gasteiger partial charge in [-0.3, -0.25) is 0 Å². The summed E-state index contributed by atoms with van der Waals surface area (Å²) in [5, 5.41) is 0. The molecule has 2 aromatic rings. The predicted octanol–water partition coefficient (Wildman–Crippen LogP) is 4.87. The summed E-state index contributed by atoms with van der Waals surface area (Å²) in [5.74, 6) is 0. The molecule has 0 fully saturated rings. The second-order valence-corrected chi connectivity index (χ2v) is 3.82. The molecule has 1 N–H and O–H groups in total. The SMILES string of the molecule is Cc1cc(C(F)(F)F)ccc1-c1cc[c]cc1.OS. The molecule has 101 valence electrons. The molecule has 1 radical (unpaired) electrons. The monoisotopic (exact) mass is 285 g/mol. The van der Waals surface area contributed by atoms with Gasteiger partial charge in [0, 0.05) is 0 Å². The minimum Gasteiger partial charge on any atom is -0.333 e. The van der Waals surface area contributed by atoms with Crippen LogP contribution in [-0.4, -0.2) is 4.55 Å². The Morgan fingerprint density at radius 2 is 1.63 bits per heavy atom. The van der Waals surface area contributed by atoms with E-state index in [9.17, 15) is 13.2 Å². The van der Waals surface area contributed by atoms with Gasteiger partial charge in [-0.05, 0) is 54.7 Å². The normalized spacial score (nSPS) is 10.6. The van der Waals surface area contributed by atoms with Gasteiger partial charge in [0.1, 0.15) is 0 Å². The fourth-order valence-corrected chi connectivity index (χ4v) is 1.73. The van der Waals surface area contributed by atoms with Crippen LogP contribution in [0.2, 0.25) is 0 Å². The number of aryl methyl sites for hydroxylation is 1. The van der Waals surface area contributed by atoms with E-state index in [1.807, 2.05) is 12.1 Å². The lowest BCUT2D eigenvalue weighted by molar-refractivity contribution is -0.137. The van der Waals surface area contributed by atoms with Crippen molar-refractivity contribution in [2.24, 2.45) is 0 Å². The van der Waals surface area contributed by atoms with E-state index in [0.717, 1.165) is 17.2 Å². The third kappa shape index (κ3) is 4.01. The Balaban J connectivity index is 0.000000861. The Hall–Kier alpha value is -1.46. The summed E-state index contributed by atoms with van der Waals surface area (Å²) in [7, 11) is 0. The van der Waals surface area contributed by atoms with E-state index in [4.69, 9.17) is 4.55 Å². The van der Waals surface area contributed by atoms with Crippen LogP contribution in [0.15, 0.2) is 42.5 Å². The highest BCUT2D eigenvalue weighted by Crippen LogP contribution is 2.32. The van der Waals surface area contributed by atoms with E-state index in [1.165, 1.54) is 12.1 Å². The lowest BCUT2D eigenvalue weighted by Gasteiger charge is -2.11. The van der Waals surface area contributed by atoms with Crippen molar-refractivity contribution in [2.45, 2.75) is 13.1 Å². The van der Waals surface area contributed by atoms with E-state index in [0.29, 0.717) is 5.56 Å². The first kappa shape index (κ1) is 15.6. The zero-order valence-electron chi connectivity index (χ0n) is 10.1. The maximum absolute atomic E-state index is 12.5. The van der Waals surface area contributed by atoms with Crippen LogP contribution >= 0.6 is 12.9 Å². The van der Waals surface area contributed by atoms with Gasteiger partial charge in [0.25, 0.3) is 0 Å². The highest BCUT2D eigenvalue weighted by atomic mass is 32.1. The van der Waals surface area contributed by atoms with Crippen LogP contribution in [0.1, 0.15) is 11.1 Å². The molecule has 0 aliphatic carbocycles. The number of benzene rings is 2. The number of alkyl halides is 3. The molecular formula is C14H12F3OS. The molecule has 2 aromatic carbocycles. The van der Waals surface area contributed by atoms with Crippen LogP contribution < -0.4 is 0 Å². The Morgan fingerprint density at radius 1 is 1.05 bits per heavy atom. The van der Waals surface area contributed by atoms with Gasteiger partial charge < -0.3 is 4.55 Å². The number of hydrogen-bond donors (Lipinski definition) is 2. The minimum atomic E-state index is -4.28. The van der Waals surface area contributed by atoms with Gasteiger partial charge in [0.2, 0.25) is 0 Å². The minimum absolute atomic E-state index is 0.610. The molecule has 0 aliphatic heterocycles. The zero-order valence-corrected chi connectivity index (χ0v) is 11.0. The molecule has 0 saturated heterocycles. The smallest absolute Gasteiger partial charge is 0.333 e. The van der Waals surface area contributed by atoms with Gasteiger partial charge in [-0.15, -0.1) is 0 Å².